The highest BCUT2D eigenvalue weighted by atomic mass is 28.3. The van der Waals surface area contributed by atoms with Gasteiger partial charge in [-0.2, -0.15) is 5.26 Å². The molecule has 1 rings (SSSR count). The molecule has 0 aliphatic heterocycles. The quantitative estimate of drug-likeness (QED) is 0.729. The average Bonchev–Trinajstić information content (AvgIpc) is 2.17. The Morgan fingerprint density at radius 3 is 2.40 bits per heavy atom. The second-order valence-electron chi connectivity index (χ2n) is 4.80. The van der Waals surface area contributed by atoms with Crippen LogP contribution in [0.5, 0.6) is 0 Å². The Kier molecular flexibility index (Phi) is 3.67. The van der Waals surface area contributed by atoms with Gasteiger partial charge in [0.15, 0.2) is 0 Å². The van der Waals surface area contributed by atoms with Crippen LogP contribution in [0.3, 0.4) is 0 Å². The SMILES string of the molecule is CN(Cc1ccccc1C#N)[Si](C)(C)C. The first-order valence-electron chi connectivity index (χ1n) is 5.14. The van der Waals surface area contributed by atoms with Gasteiger partial charge in [0.1, 0.15) is 8.24 Å². The van der Waals surface area contributed by atoms with Crippen LogP contribution in [0.1, 0.15) is 11.1 Å². The van der Waals surface area contributed by atoms with Crippen LogP contribution in [0, 0.1) is 11.3 Å². The molecule has 80 valence electrons. The van der Waals surface area contributed by atoms with E-state index in [-0.39, 0.29) is 0 Å². The number of benzene rings is 1. The summed E-state index contributed by atoms with van der Waals surface area (Å²) in [5.41, 5.74) is 1.92. The molecule has 0 saturated carbocycles. The van der Waals surface area contributed by atoms with E-state index in [9.17, 15) is 0 Å². The summed E-state index contributed by atoms with van der Waals surface area (Å²) in [5, 5.41) is 8.98. The highest BCUT2D eigenvalue weighted by molar-refractivity contribution is 6.73. The van der Waals surface area contributed by atoms with Gasteiger partial charge in [-0.25, -0.2) is 0 Å². The van der Waals surface area contributed by atoms with Gasteiger partial charge in [0.2, 0.25) is 0 Å². The predicted molar refractivity (Wildman–Crippen MR) is 66.0 cm³/mol. The molecule has 0 saturated heterocycles. The summed E-state index contributed by atoms with van der Waals surface area (Å²) < 4.78 is 2.38. The third-order valence-electron chi connectivity index (χ3n) is 2.69. The van der Waals surface area contributed by atoms with Crippen LogP contribution >= 0.6 is 0 Å². The molecule has 15 heavy (non-hydrogen) atoms. The van der Waals surface area contributed by atoms with E-state index in [1.807, 2.05) is 24.3 Å². The lowest BCUT2D eigenvalue weighted by Gasteiger charge is -2.30. The Morgan fingerprint density at radius 1 is 1.27 bits per heavy atom. The van der Waals surface area contributed by atoms with E-state index in [0.29, 0.717) is 0 Å². The smallest absolute Gasteiger partial charge is 0.119 e. The second kappa shape index (κ2) is 4.60. The second-order valence-corrected chi connectivity index (χ2v) is 9.90. The van der Waals surface area contributed by atoms with Crippen molar-refractivity contribution in [3.8, 4) is 6.07 Å². The fourth-order valence-corrected chi connectivity index (χ4v) is 1.90. The van der Waals surface area contributed by atoms with E-state index >= 15 is 0 Å². The monoisotopic (exact) mass is 218 g/mol. The van der Waals surface area contributed by atoms with E-state index in [1.165, 1.54) is 0 Å². The van der Waals surface area contributed by atoms with Crippen LogP contribution in [0.4, 0.5) is 0 Å². The normalized spacial score (nSPS) is 11.5. The first-order chi connectivity index (χ1) is 6.95. The average molecular weight is 218 g/mol. The van der Waals surface area contributed by atoms with Gasteiger partial charge >= 0.3 is 0 Å². The zero-order chi connectivity index (χ0) is 11.5. The molecule has 0 N–H and O–H groups in total. The first kappa shape index (κ1) is 12.0. The van der Waals surface area contributed by atoms with Gasteiger partial charge in [-0.3, -0.25) is 0 Å². The summed E-state index contributed by atoms with van der Waals surface area (Å²) in [5.74, 6) is 0. The molecule has 3 heteroatoms. The molecule has 0 radical (unpaired) electrons. The van der Waals surface area contributed by atoms with Crippen molar-refractivity contribution >= 4 is 8.24 Å². The van der Waals surface area contributed by atoms with Gasteiger partial charge in [0.25, 0.3) is 0 Å². The molecule has 0 heterocycles. The molecule has 0 unspecified atom stereocenters. The Morgan fingerprint density at radius 2 is 1.87 bits per heavy atom. The molecule has 0 bridgehead atoms. The molecule has 1 aromatic carbocycles. The molecule has 0 aliphatic carbocycles. The van der Waals surface area contributed by atoms with Crippen molar-refractivity contribution in [2.24, 2.45) is 0 Å². The Labute approximate surface area is 93.2 Å². The van der Waals surface area contributed by atoms with E-state index in [0.717, 1.165) is 17.7 Å². The maximum Gasteiger partial charge on any atom is 0.119 e. The van der Waals surface area contributed by atoms with Gasteiger partial charge in [-0.05, 0) is 18.7 Å². The Balaban J connectivity index is 2.86. The van der Waals surface area contributed by atoms with Crippen LogP contribution in [0.25, 0.3) is 0 Å². The lowest BCUT2D eigenvalue weighted by atomic mass is 10.1. The van der Waals surface area contributed by atoms with Gasteiger partial charge in [0.05, 0.1) is 11.6 Å². The first-order valence-corrected chi connectivity index (χ1v) is 8.59. The van der Waals surface area contributed by atoms with Crippen LogP contribution in [0.15, 0.2) is 24.3 Å². The Bertz CT molecular complexity index is 374. The molecule has 0 atom stereocenters. The number of nitrogens with zero attached hydrogens (tertiary/aromatic N) is 2. The summed E-state index contributed by atoms with van der Waals surface area (Å²) >= 11 is 0. The third kappa shape index (κ3) is 3.19. The zero-order valence-corrected chi connectivity index (χ0v) is 10.9. The van der Waals surface area contributed by atoms with Crippen molar-refractivity contribution < 1.29 is 0 Å². The minimum absolute atomic E-state index is 0.794. The largest absolute Gasteiger partial charge is 0.323 e. The molecule has 0 amide bonds. The highest BCUT2D eigenvalue weighted by Crippen LogP contribution is 2.14. The minimum Gasteiger partial charge on any atom is -0.323 e. The van der Waals surface area contributed by atoms with Crippen LogP contribution < -0.4 is 0 Å². The van der Waals surface area contributed by atoms with Crippen molar-refractivity contribution in [2.75, 3.05) is 7.05 Å². The van der Waals surface area contributed by atoms with Crippen LogP contribution in [-0.2, 0) is 6.54 Å². The van der Waals surface area contributed by atoms with Gasteiger partial charge in [-0.1, -0.05) is 37.8 Å². The summed E-state index contributed by atoms with van der Waals surface area (Å²) in [4.78, 5) is 0. The van der Waals surface area contributed by atoms with E-state index in [4.69, 9.17) is 5.26 Å². The summed E-state index contributed by atoms with van der Waals surface area (Å²) in [6, 6.07) is 10.1. The number of rotatable bonds is 3. The molecule has 2 nitrogen and oxygen atoms in total. The molecular weight excluding hydrogens is 200 g/mol. The lowest BCUT2D eigenvalue weighted by molar-refractivity contribution is 0.504. The van der Waals surface area contributed by atoms with Crippen molar-refractivity contribution in [3.05, 3.63) is 35.4 Å². The minimum atomic E-state index is -1.26. The van der Waals surface area contributed by atoms with E-state index in [2.05, 4.69) is 37.3 Å². The maximum atomic E-state index is 8.98. The third-order valence-corrected chi connectivity index (χ3v) is 5.14. The van der Waals surface area contributed by atoms with Crippen LogP contribution in [-0.4, -0.2) is 19.8 Å². The molecule has 0 aromatic heterocycles. The van der Waals surface area contributed by atoms with Crippen molar-refractivity contribution in [3.63, 3.8) is 0 Å². The zero-order valence-electron chi connectivity index (χ0n) is 9.91. The van der Waals surface area contributed by atoms with Gasteiger partial charge < -0.3 is 4.57 Å². The fraction of sp³-hybridized carbons (Fsp3) is 0.417. The molecule has 0 spiro atoms. The standard InChI is InChI=1S/C12H18N2Si/c1-14(15(2,3)4)10-12-8-6-5-7-11(12)9-13/h5-8H,10H2,1-4H3. The van der Waals surface area contributed by atoms with Crippen LogP contribution in [0.2, 0.25) is 19.6 Å². The maximum absolute atomic E-state index is 8.98. The van der Waals surface area contributed by atoms with Gasteiger partial charge in [0, 0.05) is 6.54 Å². The topological polar surface area (TPSA) is 27.0 Å². The van der Waals surface area contributed by atoms with E-state index in [1.54, 1.807) is 0 Å². The lowest BCUT2D eigenvalue weighted by Crippen LogP contribution is -2.42. The van der Waals surface area contributed by atoms with Crippen molar-refractivity contribution in [1.29, 1.82) is 5.26 Å². The Hall–Kier alpha value is -1.11. The van der Waals surface area contributed by atoms with Crippen molar-refractivity contribution in [1.82, 2.24) is 4.57 Å². The predicted octanol–water partition coefficient (Wildman–Crippen LogP) is 2.82. The van der Waals surface area contributed by atoms with Crippen molar-refractivity contribution in [2.45, 2.75) is 26.2 Å². The number of hydrogen-bond acceptors (Lipinski definition) is 2. The number of hydrogen-bond donors (Lipinski definition) is 0. The summed E-state index contributed by atoms with van der Waals surface area (Å²) in [7, 11) is 0.884. The number of nitriles is 1. The fourth-order valence-electron chi connectivity index (χ4n) is 1.26. The summed E-state index contributed by atoms with van der Waals surface area (Å²) in [6.45, 7) is 7.80. The van der Waals surface area contributed by atoms with E-state index < -0.39 is 8.24 Å². The molecule has 0 aliphatic rings. The molecule has 0 fully saturated rings. The molecular formula is C12H18N2Si. The van der Waals surface area contributed by atoms with Gasteiger partial charge in [-0.15, -0.1) is 0 Å². The molecule has 1 aromatic rings. The highest BCUT2D eigenvalue weighted by Gasteiger charge is 2.20. The summed E-state index contributed by atoms with van der Waals surface area (Å²) in [6.07, 6.45) is 0.